The topological polar surface area (TPSA) is 69.6 Å². The SMILES string of the molecule is CC/C=C\C/C=C\C/C=C\C/C=C\C/C=C\C/C=C\C/C=C\C/C=C\C/C=C\CCCCCCCCCC(=O)NC(CO)C(O)/C=C/CC/C=C/CC/C=C/CCCCCCCCCCCCCC. The minimum absolute atomic E-state index is 0.0949. The maximum Gasteiger partial charge on any atom is 0.220 e. The molecule has 0 heterocycles. The molecule has 0 aromatic rings. The molecule has 2 atom stereocenters. The van der Waals surface area contributed by atoms with Crippen LogP contribution in [0.1, 0.15) is 239 Å². The summed E-state index contributed by atoms with van der Waals surface area (Å²) in [5, 5.41) is 23.1. The molecule has 0 aliphatic carbocycles. The van der Waals surface area contributed by atoms with Crippen molar-refractivity contribution in [1.82, 2.24) is 5.32 Å². The van der Waals surface area contributed by atoms with Gasteiger partial charge in [-0.15, -0.1) is 0 Å². The normalized spacial score (nSPS) is 14.0. The Kier molecular flexibility index (Phi) is 55.4. The van der Waals surface area contributed by atoms with E-state index in [1.807, 2.05) is 6.08 Å². The van der Waals surface area contributed by atoms with Gasteiger partial charge in [0.1, 0.15) is 0 Å². The molecule has 0 aromatic heterocycles. The second-order valence-corrected chi connectivity index (χ2v) is 18.6. The fraction of sp³-hybridized carbons (Fsp3) is 0.615. The molecule has 1 amide bonds. The van der Waals surface area contributed by atoms with Gasteiger partial charge < -0.3 is 15.5 Å². The first-order chi connectivity index (χ1) is 34.2. The van der Waals surface area contributed by atoms with Crippen LogP contribution in [-0.4, -0.2) is 34.9 Å². The maximum atomic E-state index is 12.5. The fourth-order valence-corrected chi connectivity index (χ4v) is 7.73. The van der Waals surface area contributed by atoms with Crippen LogP contribution < -0.4 is 5.32 Å². The Labute approximate surface area is 427 Å². The lowest BCUT2D eigenvalue weighted by Gasteiger charge is -2.19. The molecule has 0 spiro atoms. The van der Waals surface area contributed by atoms with Gasteiger partial charge >= 0.3 is 0 Å². The summed E-state index contributed by atoms with van der Waals surface area (Å²) in [7, 11) is 0. The molecule has 0 aliphatic heterocycles. The highest BCUT2D eigenvalue weighted by molar-refractivity contribution is 5.76. The van der Waals surface area contributed by atoms with Crippen LogP contribution in [0.15, 0.2) is 146 Å². The van der Waals surface area contributed by atoms with Gasteiger partial charge in [-0.3, -0.25) is 4.79 Å². The largest absolute Gasteiger partial charge is 0.394 e. The first-order valence-corrected chi connectivity index (χ1v) is 28.5. The minimum Gasteiger partial charge on any atom is -0.394 e. The molecule has 69 heavy (non-hydrogen) atoms. The molecule has 3 N–H and O–H groups in total. The van der Waals surface area contributed by atoms with Crippen LogP contribution >= 0.6 is 0 Å². The van der Waals surface area contributed by atoms with Crippen molar-refractivity contribution in [2.75, 3.05) is 6.61 Å². The summed E-state index contributed by atoms with van der Waals surface area (Å²) >= 11 is 0. The standard InChI is InChI=1S/C65H107NO3/c1-3-5-7-9-11-13-15-17-19-21-23-25-27-28-29-30-31-32-33-34-35-36-37-38-39-41-43-45-47-49-51-53-55-57-59-61-65(69)66-63(62-67)64(68)60-58-56-54-52-50-48-46-44-42-40-26-24-22-20-18-16-14-12-10-8-6-4-2/h5,7,11,13,17,19,23,25,28-29,31-32,34-35,37-38,41-44,50,52,58,60,63-64,67-68H,3-4,6,8-10,12,14-16,18,20-22,24,26-27,30,33,36,39-40,45-49,51,53-57,59,61-62H2,1-2H3,(H,66,69)/b7-5-,13-11-,19-17-,25-23-,29-28-,32-31-,35-34-,38-37-,43-41-,44-42+,52-50+,60-58+. The number of aliphatic hydroxyl groups excluding tert-OH is 2. The van der Waals surface area contributed by atoms with Gasteiger partial charge in [0.05, 0.1) is 18.8 Å². The Hall–Kier alpha value is -3.73. The molecule has 0 bridgehead atoms. The Bertz CT molecular complexity index is 1450. The van der Waals surface area contributed by atoms with E-state index in [1.54, 1.807) is 6.08 Å². The number of unbranched alkanes of at least 4 members (excludes halogenated alkanes) is 21. The molecule has 0 radical (unpaired) electrons. The number of allylic oxidation sites excluding steroid dienone is 23. The van der Waals surface area contributed by atoms with E-state index in [1.165, 1.54) is 109 Å². The van der Waals surface area contributed by atoms with E-state index in [0.717, 1.165) is 109 Å². The van der Waals surface area contributed by atoms with Gasteiger partial charge in [0, 0.05) is 6.42 Å². The number of aliphatic hydroxyl groups is 2. The number of carbonyl (C=O) groups excluding carboxylic acids is 1. The quantitative estimate of drug-likeness (QED) is 0.0420. The molecule has 0 aliphatic rings. The second kappa shape index (κ2) is 58.6. The monoisotopic (exact) mass is 950 g/mol. The van der Waals surface area contributed by atoms with Crippen LogP contribution in [0.4, 0.5) is 0 Å². The van der Waals surface area contributed by atoms with Crippen LogP contribution in [0.2, 0.25) is 0 Å². The molecule has 0 aromatic carbocycles. The Balaban J connectivity index is 3.69. The van der Waals surface area contributed by atoms with Crippen LogP contribution in [0.25, 0.3) is 0 Å². The van der Waals surface area contributed by atoms with Crippen LogP contribution in [0.5, 0.6) is 0 Å². The van der Waals surface area contributed by atoms with Crippen LogP contribution in [0.3, 0.4) is 0 Å². The highest BCUT2D eigenvalue weighted by Crippen LogP contribution is 2.14. The number of carbonyl (C=O) groups is 1. The van der Waals surface area contributed by atoms with Crippen molar-refractivity contribution in [3.63, 3.8) is 0 Å². The van der Waals surface area contributed by atoms with Crippen molar-refractivity contribution in [2.24, 2.45) is 0 Å². The minimum atomic E-state index is -0.887. The number of hydrogen-bond donors (Lipinski definition) is 3. The van der Waals surface area contributed by atoms with Crippen molar-refractivity contribution >= 4 is 5.91 Å². The smallest absolute Gasteiger partial charge is 0.220 e. The summed E-state index contributed by atoms with van der Waals surface area (Å²) in [4.78, 5) is 12.5. The molecule has 4 nitrogen and oxygen atoms in total. The van der Waals surface area contributed by atoms with Gasteiger partial charge in [0.15, 0.2) is 0 Å². The van der Waals surface area contributed by atoms with Crippen LogP contribution in [0, 0.1) is 0 Å². The molecule has 0 rings (SSSR count). The van der Waals surface area contributed by atoms with E-state index >= 15 is 0 Å². The highest BCUT2D eigenvalue weighted by Gasteiger charge is 2.17. The molecular formula is C65H107NO3. The third kappa shape index (κ3) is 55.1. The summed E-state index contributed by atoms with van der Waals surface area (Å²) in [6.45, 7) is 4.17. The molecule has 2 unspecified atom stereocenters. The van der Waals surface area contributed by atoms with E-state index in [-0.39, 0.29) is 12.5 Å². The molecule has 0 saturated carbocycles. The van der Waals surface area contributed by atoms with Gasteiger partial charge in [-0.05, 0) is 116 Å². The summed E-state index contributed by atoms with van der Waals surface area (Å²) in [5.41, 5.74) is 0. The van der Waals surface area contributed by atoms with Crippen molar-refractivity contribution in [3.8, 4) is 0 Å². The van der Waals surface area contributed by atoms with Crippen molar-refractivity contribution < 1.29 is 15.0 Å². The zero-order valence-electron chi connectivity index (χ0n) is 44.8. The average Bonchev–Trinajstić information content (AvgIpc) is 3.35. The molecule has 0 fully saturated rings. The van der Waals surface area contributed by atoms with E-state index in [2.05, 4.69) is 153 Å². The van der Waals surface area contributed by atoms with E-state index in [4.69, 9.17) is 0 Å². The van der Waals surface area contributed by atoms with Gasteiger partial charge in [-0.2, -0.15) is 0 Å². The van der Waals surface area contributed by atoms with E-state index in [0.29, 0.717) is 6.42 Å². The predicted octanol–water partition coefficient (Wildman–Crippen LogP) is 19.2. The van der Waals surface area contributed by atoms with Gasteiger partial charge in [-0.1, -0.05) is 262 Å². The van der Waals surface area contributed by atoms with E-state index < -0.39 is 12.1 Å². The molecule has 0 saturated heterocycles. The summed E-state index contributed by atoms with van der Waals surface area (Å²) in [6, 6.07) is -0.664. The predicted molar refractivity (Wildman–Crippen MR) is 308 cm³/mol. The Morgan fingerprint density at radius 1 is 0.362 bits per heavy atom. The second-order valence-electron chi connectivity index (χ2n) is 18.6. The number of hydrogen-bond acceptors (Lipinski definition) is 3. The van der Waals surface area contributed by atoms with Gasteiger partial charge in [0.25, 0.3) is 0 Å². The van der Waals surface area contributed by atoms with Gasteiger partial charge in [0.2, 0.25) is 5.91 Å². The van der Waals surface area contributed by atoms with E-state index in [9.17, 15) is 15.0 Å². The van der Waals surface area contributed by atoms with Crippen LogP contribution in [-0.2, 0) is 4.79 Å². The zero-order chi connectivity index (χ0) is 49.9. The summed E-state index contributed by atoms with van der Waals surface area (Å²) in [5.74, 6) is -0.0949. The van der Waals surface area contributed by atoms with Gasteiger partial charge in [-0.25, -0.2) is 0 Å². The third-order valence-corrected chi connectivity index (χ3v) is 12.0. The fourth-order valence-electron chi connectivity index (χ4n) is 7.73. The first-order valence-electron chi connectivity index (χ1n) is 28.5. The summed E-state index contributed by atoms with van der Waals surface area (Å²) < 4.78 is 0. The molecular weight excluding hydrogens is 843 g/mol. The van der Waals surface area contributed by atoms with Crippen molar-refractivity contribution in [2.45, 2.75) is 251 Å². The third-order valence-electron chi connectivity index (χ3n) is 12.0. The number of rotatable bonds is 50. The Morgan fingerprint density at radius 2 is 0.652 bits per heavy atom. The average molecular weight is 951 g/mol. The lowest BCUT2D eigenvalue weighted by atomic mass is 10.0. The first kappa shape index (κ1) is 65.3. The lowest BCUT2D eigenvalue weighted by molar-refractivity contribution is -0.123. The molecule has 4 heteroatoms. The number of nitrogens with one attached hydrogen (secondary N) is 1. The zero-order valence-corrected chi connectivity index (χ0v) is 44.8. The summed E-state index contributed by atoms with van der Waals surface area (Å²) in [6.07, 6.45) is 92.8. The number of amides is 1. The Morgan fingerprint density at radius 3 is 1.01 bits per heavy atom. The lowest BCUT2D eigenvalue weighted by Crippen LogP contribution is -2.45. The highest BCUT2D eigenvalue weighted by atomic mass is 16.3. The maximum absolute atomic E-state index is 12.5. The van der Waals surface area contributed by atoms with Crippen molar-refractivity contribution in [1.29, 1.82) is 0 Å². The molecule has 390 valence electrons. The van der Waals surface area contributed by atoms with Crippen molar-refractivity contribution in [3.05, 3.63) is 146 Å².